The van der Waals surface area contributed by atoms with E-state index >= 15 is 0 Å². The molecule has 0 atom stereocenters. The number of nitriles is 1. The highest BCUT2D eigenvalue weighted by Crippen LogP contribution is 2.28. The summed E-state index contributed by atoms with van der Waals surface area (Å²) in [6, 6.07) is 28.3. The maximum atomic E-state index is 12.7. The van der Waals surface area contributed by atoms with Crippen LogP contribution < -0.4 is 10.1 Å². The lowest BCUT2D eigenvalue weighted by atomic mass is 10.1. The van der Waals surface area contributed by atoms with Gasteiger partial charge in [0, 0.05) is 20.7 Å². The summed E-state index contributed by atoms with van der Waals surface area (Å²) in [5.41, 5.74) is 2.17. The molecule has 0 aliphatic rings. The van der Waals surface area contributed by atoms with Crippen molar-refractivity contribution in [2.24, 2.45) is 0 Å². The molecule has 0 fully saturated rings. The van der Waals surface area contributed by atoms with Crippen molar-refractivity contribution in [3.05, 3.63) is 111 Å². The van der Waals surface area contributed by atoms with Gasteiger partial charge in [-0.1, -0.05) is 70.0 Å². The Morgan fingerprint density at radius 2 is 1.79 bits per heavy atom. The SMILES string of the molecule is N#C/C(=C/c1cc(Br)ccc1OCc1cccc2ccccc12)C(=O)Nc1ccc(Cl)cc1. The van der Waals surface area contributed by atoms with E-state index in [1.54, 1.807) is 24.3 Å². The van der Waals surface area contributed by atoms with Crippen LogP contribution in [0.3, 0.4) is 0 Å². The van der Waals surface area contributed by atoms with Crippen LogP contribution in [-0.4, -0.2) is 5.91 Å². The van der Waals surface area contributed by atoms with E-state index in [-0.39, 0.29) is 5.57 Å². The fourth-order valence-corrected chi connectivity index (χ4v) is 3.88. The lowest BCUT2D eigenvalue weighted by molar-refractivity contribution is -0.112. The van der Waals surface area contributed by atoms with Crippen molar-refractivity contribution < 1.29 is 9.53 Å². The van der Waals surface area contributed by atoms with Gasteiger partial charge in [-0.2, -0.15) is 5.26 Å². The van der Waals surface area contributed by atoms with Gasteiger partial charge in [-0.05, 0) is 64.9 Å². The van der Waals surface area contributed by atoms with Crippen LogP contribution in [0.5, 0.6) is 5.75 Å². The molecule has 4 rings (SSSR count). The van der Waals surface area contributed by atoms with Crippen molar-refractivity contribution in [1.82, 2.24) is 0 Å². The number of rotatable bonds is 6. The van der Waals surface area contributed by atoms with Crippen LogP contribution in [0.25, 0.3) is 16.8 Å². The molecule has 4 nitrogen and oxygen atoms in total. The number of halogens is 2. The molecule has 1 N–H and O–H groups in total. The molecule has 0 aliphatic carbocycles. The molecule has 0 aliphatic heterocycles. The zero-order valence-electron chi connectivity index (χ0n) is 17.4. The van der Waals surface area contributed by atoms with Gasteiger partial charge in [0.15, 0.2) is 0 Å². The summed E-state index contributed by atoms with van der Waals surface area (Å²) in [4.78, 5) is 12.7. The third-order valence-corrected chi connectivity index (χ3v) is 5.75. The van der Waals surface area contributed by atoms with E-state index in [0.717, 1.165) is 20.8 Å². The van der Waals surface area contributed by atoms with Crippen LogP contribution in [0.4, 0.5) is 5.69 Å². The molecule has 1 amide bonds. The second kappa shape index (κ2) is 10.4. The molecule has 4 aromatic rings. The fourth-order valence-electron chi connectivity index (χ4n) is 3.37. The summed E-state index contributed by atoms with van der Waals surface area (Å²) in [5, 5.41) is 15.1. The van der Waals surface area contributed by atoms with Crippen LogP contribution in [0.15, 0.2) is 95.0 Å². The first-order valence-electron chi connectivity index (χ1n) is 10.1. The van der Waals surface area contributed by atoms with E-state index in [2.05, 4.69) is 39.4 Å². The second-order valence-corrected chi connectivity index (χ2v) is 8.59. The molecule has 0 spiro atoms. The second-order valence-electron chi connectivity index (χ2n) is 7.24. The van der Waals surface area contributed by atoms with Crippen LogP contribution in [0.2, 0.25) is 5.02 Å². The van der Waals surface area contributed by atoms with Gasteiger partial charge in [0.05, 0.1) is 0 Å². The lowest BCUT2D eigenvalue weighted by Gasteiger charge is -2.12. The average Bonchev–Trinajstić information content (AvgIpc) is 2.83. The zero-order chi connectivity index (χ0) is 23.2. The fraction of sp³-hybridized carbons (Fsp3) is 0.0370. The van der Waals surface area contributed by atoms with E-state index in [9.17, 15) is 10.1 Å². The van der Waals surface area contributed by atoms with Crippen molar-refractivity contribution in [2.75, 3.05) is 5.32 Å². The first-order valence-corrected chi connectivity index (χ1v) is 11.3. The van der Waals surface area contributed by atoms with Crippen LogP contribution in [0, 0.1) is 11.3 Å². The molecule has 0 saturated heterocycles. The molecule has 4 aromatic carbocycles. The summed E-state index contributed by atoms with van der Waals surface area (Å²) in [6.07, 6.45) is 1.52. The Kier molecular flexibility index (Phi) is 7.09. The average molecular weight is 518 g/mol. The minimum absolute atomic E-state index is 0.0435. The third-order valence-electron chi connectivity index (χ3n) is 5.00. The predicted molar refractivity (Wildman–Crippen MR) is 136 cm³/mol. The normalized spacial score (nSPS) is 11.1. The molecule has 162 valence electrons. The van der Waals surface area contributed by atoms with Crippen molar-refractivity contribution >= 4 is 56.0 Å². The molecule has 33 heavy (non-hydrogen) atoms. The highest BCUT2D eigenvalue weighted by molar-refractivity contribution is 9.10. The Morgan fingerprint density at radius 3 is 2.58 bits per heavy atom. The standard InChI is InChI=1S/C27H18BrClN2O2/c28-22-8-13-26(33-17-19-6-3-5-18-4-1-2-7-25(18)19)20(15-22)14-21(16-30)27(32)31-24-11-9-23(29)10-12-24/h1-15H,17H2,(H,31,32)/b21-14-. The first-order chi connectivity index (χ1) is 16.0. The van der Waals surface area contributed by atoms with Gasteiger partial charge in [-0.3, -0.25) is 4.79 Å². The smallest absolute Gasteiger partial charge is 0.266 e. The Hall–Kier alpha value is -3.59. The monoisotopic (exact) mass is 516 g/mol. The number of carbonyl (C=O) groups is 1. The minimum atomic E-state index is -0.514. The molecule has 0 saturated carbocycles. The van der Waals surface area contributed by atoms with Crippen LogP contribution in [-0.2, 0) is 11.4 Å². The molecule has 0 aromatic heterocycles. The number of hydrogen-bond donors (Lipinski definition) is 1. The van der Waals surface area contributed by atoms with Crippen molar-refractivity contribution in [3.63, 3.8) is 0 Å². The first kappa shape index (κ1) is 22.6. The number of hydrogen-bond acceptors (Lipinski definition) is 3. The van der Waals surface area contributed by atoms with E-state index in [0.29, 0.717) is 28.6 Å². The van der Waals surface area contributed by atoms with E-state index in [1.165, 1.54) is 6.08 Å². The summed E-state index contributed by atoms with van der Waals surface area (Å²) in [7, 11) is 0. The Morgan fingerprint density at radius 1 is 1.03 bits per heavy atom. The number of amides is 1. The topological polar surface area (TPSA) is 62.1 Å². The number of benzene rings is 4. The maximum absolute atomic E-state index is 12.7. The Labute approximate surface area is 205 Å². The lowest BCUT2D eigenvalue weighted by Crippen LogP contribution is -2.13. The van der Waals surface area contributed by atoms with Gasteiger partial charge in [0.2, 0.25) is 0 Å². The van der Waals surface area contributed by atoms with Crippen LogP contribution >= 0.6 is 27.5 Å². The highest BCUT2D eigenvalue weighted by Gasteiger charge is 2.12. The summed E-state index contributed by atoms with van der Waals surface area (Å²) < 4.78 is 6.93. The largest absolute Gasteiger partial charge is 0.488 e. The summed E-state index contributed by atoms with van der Waals surface area (Å²) in [5.74, 6) is 0.0537. The van der Waals surface area contributed by atoms with Crippen molar-refractivity contribution in [3.8, 4) is 11.8 Å². The quantitative estimate of drug-likeness (QED) is 0.214. The number of carbonyl (C=O) groups excluding carboxylic acids is 1. The molecular weight excluding hydrogens is 500 g/mol. The Balaban J connectivity index is 1.59. The van der Waals surface area contributed by atoms with Crippen molar-refractivity contribution in [1.29, 1.82) is 5.26 Å². The third kappa shape index (κ3) is 5.61. The van der Waals surface area contributed by atoms with Crippen LogP contribution in [0.1, 0.15) is 11.1 Å². The highest BCUT2D eigenvalue weighted by atomic mass is 79.9. The zero-order valence-corrected chi connectivity index (χ0v) is 19.7. The van der Waals surface area contributed by atoms with Gasteiger partial charge in [0.1, 0.15) is 24.0 Å². The van der Waals surface area contributed by atoms with Gasteiger partial charge in [-0.25, -0.2) is 0 Å². The van der Waals surface area contributed by atoms with E-state index < -0.39 is 5.91 Å². The number of nitrogens with one attached hydrogen (secondary N) is 1. The maximum Gasteiger partial charge on any atom is 0.266 e. The van der Waals surface area contributed by atoms with Gasteiger partial charge < -0.3 is 10.1 Å². The minimum Gasteiger partial charge on any atom is -0.488 e. The molecule has 6 heteroatoms. The summed E-state index contributed by atoms with van der Waals surface area (Å²) in [6.45, 7) is 0.350. The number of anilines is 1. The predicted octanol–water partition coefficient (Wildman–Crippen LogP) is 7.38. The van der Waals surface area contributed by atoms with Gasteiger partial charge in [-0.15, -0.1) is 0 Å². The van der Waals surface area contributed by atoms with Gasteiger partial charge in [0.25, 0.3) is 5.91 Å². The molecular formula is C27H18BrClN2O2. The number of ether oxygens (including phenoxy) is 1. The van der Waals surface area contributed by atoms with E-state index in [1.807, 2.05) is 48.5 Å². The van der Waals surface area contributed by atoms with E-state index in [4.69, 9.17) is 16.3 Å². The number of fused-ring (bicyclic) bond motifs is 1. The van der Waals surface area contributed by atoms with Gasteiger partial charge >= 0.3 is 0 Å². The molecule has 0 unspecified atom stereocenters. The molecule has 0 heterocycles. The molecule has 0 radical (unpaired) electrons. The molecule has 0 bridgehead atoms. The number of nitrogens with zero attached hydrogens (tertiary/aromatic N) is 1. The van der Waals surface area contributed by atoms with Crippen molar-refractivity contribution in [2.45, 2.75) is 6.61 Å². The Bertz CT molecular complexity index is 1390. The summed E-state index contributed by atoms with van der Waals surface area (Å²) >= 11 is 9.34.